The van der Waals surface area contributed by atoms with Gasteiger partial charge in [-0.15, -0.1) is 0 Å². The molecule has 2 aromatic rings. The Morgan fingerprint density at radius 3 is 2.77 bits per heavy atom. The number of furan rings is 1. The van der Waals surface area contributed by atoms with Crippen molar-refractivity contribution >= 4 is 5.91 Å². The molecule has 1 amide bonds. The lowest BCUT2D eigenvalue weighted by atomic mass is 10.1. The second kappa shape index (κ2) is 5.51. The van der Waals surface area contributed by atoms with Crippen LogP contribution in [0.25, 0.3) is 0 Å². The molecule has 1 fully saturated rings. The van der Waals surface area contributed by atoms with E-state index < -0.39 is 11.7 Å². The number of hydrogen-bond donors (Lipinski definition) is 1. The number of rotatable bonds is 4. The maximum atomic E-state index is 12.6. The van der Waals surface area contributed by atoms with Crippen molar-refractivity contribution in [2.45, 2.75) is 25.1 Å². The molecule has 1 aromatic carbocycles. The molecule has 0 radical (unpaired) electrons. The molecule has 1 N–H and O–H groups in total. The van der Waals surface area contributed by atoms with Crippen LogP contribution in [-0.4, -0.2) is 5.91 Å². The van der Waals surface area contributed by atoms with E-state index in [4.69, 9.17) is 4.42 Å². The molecule has 0 aliphatic heterocycles. The highest BCUT2D eigenvalue weighted by Crippen LogP contribution is 2.47. The van der Waals surface area contributed by atoms with E-state index >= 15 is 0 Å². The molecule has 2 atom stereocenters. The van der Waals surface area contributed by atoms with Crippen molar-refractivity contribution < 1.29 is 22.4 Å². The Morgan fingerprint density at radius 2 is 2.09 bits per heavy atom. The van der Waals surface area contributed by atoms with Crippen molar-refractivity contribution in [1.82, 2.24) is 5.32 Å². The molecule has 1 heterocycles. The van der Waals surface area contributed by atoms with Crippen molar-refractivity contribution in [3.63, 3.8) is 0 Å². The van der Waals surface area contributed by atoms with Gasteiger partial charge in [-0.2, -0.15) is 13.2 Å². The van der Waals surface area contributed by atoms with Gasteiger partial charge in [-0.05, 0) is 36.2 Å². The van der Waals surface area contributed by atoms with Crippen molar-refractivity contribution in [2.24, 2.45) is 5.92 Å². The van der Waals surface area contributed by atoms with Crippen LogP contribution in [0.3, 0.4) is 0 Å². The minimum absolute atomic E-state index is 0.0801. The quantitative estimate of drug-likeness (QED) is 0.935. The molecule has 0 spiro atoms. The van der Waals surface area contributed by atoms with Crippen molar-refractivity contribution in [1.29, 1.82) is 0 Å². The van der Waals surface area contributed by atoms with Crippen LogP contribution in [0.4, 0.5) is 13.2 Å². The highest BCUT2D eigenvalue weighted by Gasteiger charge is 2.45. The molecule has 1 aliphatic rings. The Morgan fingerprint density at radius 1 is 1.27 bits per heavy atom. The Hall–Kier alpha value is -2.24. The molecule has 6 heteroatoms. The first kappa shape index (κ1) is 14.7. The third kappa shape index (κ3) is 3.16. The Bertz CT molecular complexity index is 664. The summed E-state index contributed by atoms with van der Waals surface area (Å²) in [5.41, 5.74) is -0.280. The van der Waals surface area contributed by atoms with Crippen molar-refractivity contribution in [3.05, 3.63) is 59.5 Å². The summed E-state index contributed by atoms with van der Waals surface area (Å²) >= 11 is 0. The standard InChI is InChI=1S/C16H14F3NO2/c17-16(18,19)11-4-1-3-10(7-11)9-20-15(21)13-8-12(13)14-5-2-6-22-14/h1-7,12-13H,8-9H2,(H,20,21). The average Bonchev–Trinajstić information content (AvgIpc) is 3.10. The number of amides is 1. The van der Waals surface area contributed by atoms with Crippen LogP contribution in [-0.2, 0) is 17.5 Å². The summed E-state index contributed by atoms with van der Waals surface area (Å²) in [4.78, 5) is 12.0. The number of carbonyl (C=O) groups is 1. The summed E-state index contributed by atoms with van der Waals surface area (Å²) < 4.78 is 43.1. The molecule has 116 valence electrons. The van der Waals surface area contributed by atoms with Crippen LogP contribution in [0.15, 0.2) is 47.1 Å². The molecule has 0 saturated heterocycles. The minimum Gasteiger partial charge on any atom is -0.469 e. The van der Waals surface area contributed by atoms with Crippen LogP contribution in [0.1, 0.15) is 29.2 Å². The SMILES string of the molecule is O=C(NCc1cccc(C(F)(F)F)c1)C1CC1c1ccco1. The predicted molar refractivity (Wildman–Crippen MR) is 72.8 cm³/mol. The molecule has 3 rings (SSSR count). The maximum absolute atomic E-state index is 12.6. The van der Waals surface area contributed by atoms with Gasteiger partial charge in [0.15, 0.2) is 0 Å². The summed E-state index contributed by atoms with van der Waals surface area (Å²) in [6, 6.07) is 8.56. The summed E-state index contributed by atoms with van der Waals surface area (Å²) in [5.74, 6) is 0.548. The van der Waals surface area contributed by atoms with Crippen molar-refractivity contribution in [2.75, 3.05) is 0 Å². The summed E-state index contributed by atoms with van der Waals surface area (Å²) in [7, 11) is 0. The van der Waals surface area contributed by atoms with Gasteiger partial charge in [-0.1, -0.05) is 12.1 Å². The number of halogens is 3. The van der Waals surface area contributed by atoms with Gasteiger partial charge in [0.25, 0.3) is 0 Å². The first-order chi connectivity index (χ1) is 10.4. The normalized spacial score (nSPS) is 20.7. The molecule has 2 unspecified atom stereocenters. The maximum Gasteiger partial charge on any atom is 0.416 e. The zero-order valence-corrected chi connectivity index (χ0v) is 11.6. The van der Waals surface area contributed by atoms with E-state index in [1.807, 2.05) is 6.07 Å². The molecular formula is C16H14F3NO2. The predicted octanol–water partition coefficient (Wildman–Crippen LogP) is 3.72. The van der Waals surface area contributed by atoms with E-state index in [9.17, 15) is 18.0 Å². The lowest BCUT2D eigenvalue weighted by Gasteiger charge is -2.09. The first-order valence-electron chi connectivity index (χ1n) is 6.92. The topological polar surface area (TPSA) is 42.2 Å². The van der Waals surface area contributed by atoms with Gasteiger partial charge in [0.2, 0.25) is 5.91 Å². The van der Waals surface area contributed by atoms with Crippen molar-refractivity contribution in [3.8, 4) is 0 Å². The number of nitrogens with one attached hydrogen (secondary N) is 1. The van der Waals surface area contributed by atoms with Crippen LogP contribution in [0.2, 0.25) is 0 Å². The highest BCUT2D eigenvalue weighted by molar-refractivity contribution is 5.82. The van der Waals surface area contributed by atoms with Crippen LogP contribution in [0, 0.1) is 5.92 Å². The smallest absolute Gasteiger partial charge is 0.416 e. The second-order valence-corrected chi connectivity index (χ2v) is 5.38. The molecule has 1 aromatic heterocycles. The minimum atomic E-state index is -4.37. The number of carbonyl (C=O) groups excluding carboxylic acids is 1. The Balaban J connectivity index is 1.56. The fraction of sp³-hybridized carbons (Fsp3) is 0.312. The van der Waals surface area contributed by atoms with Gasteiger partial charge in [-0.25, -0.2) is 0 Å². The van der Waals surface area contributed by atoms with Gasteiger partial charge in [-0.3, -0.25) is 4.79 Å². The third-order valence-corrected chi connectivity index (χ3v) is 3.76. The molecule has 1 saturated carbocycles. The lowest BCUT2D eigenvalue weighted by Crippen LogP contribution is -2.25. The van der Waals surface area contributed by atoms with Crippen LogP contribution in [0.5, 0.6) is 0 Å². The number of benzene rings is 1. The number of alkyl halides is 3. The molecule has 0 bridgehead atoms. The van der Waals surface area contributed by atoms with Gasteiger partial charge < -0.3 is 9.73 Å². The zero-order valence-electron chi connectivity index (χ0n) is 11.6. The third-order valence-electron chi connectivity index (χ3n) is 3.76. The Kier molecular flexibility index (Phi) is 3.68. The molecular weight excluding hydrogens is 295 g/mol. The molecule has 22 heavy (non-hydrogen) atoms. The average molecular weight is 309 g/mol. The monoisotopic (exact) mass is 309 g/mol. The summed E-state index contributed by atoms with van der Waals surface area (Å²) in [6.45, 7) is 0.0874. The fourth-order valence-corrected chi connectivity index (χ4v) is 2.48. The van der Waals surface area contributed by atoms with Gasteiger partial charge in [0, 0.05) is 18.4 Å². The van der Waals surface area contributed by atoms with Crippen LogP contribution < -0.4 is 5.32 Å². The van der Waals surface area contributed by atoms with E-state index in [0.29, 0.717) is 12.0 Å². The lowest BCUT2D eigenvalue weighted by molar-refractivity contribution is -0.137. The first-order valence-corrected chi connectivity index (χ1v) is 6.92. The van der Waals surface area contributed by atoms with Gasteiger partial charge in [0.1, 0.15) is 5.76 Å². The summed E-state index contributed by atoms with van der Waals surface area (Å²) in [5, 5.41) is 2.68. The second-order valence-electron chi connectivity index (χ2n) is 5.38. The van der Waals surface area contributed by atoms with E-state index in [2.05, 4.69) is 5.32 Å². The van der Waals surface area contributed by atoms with E-state index in [-0.39, 0.29) is 24.3 Å². The van der Waals surface area contributed by atoms with E-state index in [0.717, 1.165) is 17.9 Å². The molecule has 1 aliphatic carbocycles. The van der Waals surface area contributed by atoms with E-state index in [1.165, 1.54) is 6.07 Å². The van der Waals surface area contributed by atoms with Crippen LogP contribution >= 0.6 is 0 Å². The largest absolute Gasteiger partial charge is 0.469 e. The molecule has 3 nitrogen and oxygen atoms in total. The van der Waals surface area contributed by atoms with E-state index in [1.54, 1.807) is 18.4 Å². The van der Waals surface area contributed by atoms with Gasteiger partial charge >= 0.3 is 6.18 Å². The highest BCUT2D eigenvalue weighted by atomic mass is 19.4. The number of hydrogen-bond acceptors (Lipinski definition) is 2. The fourth-order valence-electron chi connectivity index (χ4n) is 2.48. The zero-order chi connectivity index (χ0) is 15.7. The summed E-state index contributed by atoms with van der Waals surface area (Å²) in [6.07, 6.45) is -2.10. The Labute approximate surface area is 125 Å². The van der Waals surface area contributed by atoms with Gasteiger partial charge in [0.05, 0.1) is 11.8 Å².